The van der Waals surface area contributed by atoms with Crippen molar-refractivity contribution in [2.24, 2.45) is 11.8 Å². The number of rotatable bonds is 2. The number of piperidine rings is 1. The predicted molar refractivity (Wildman–Crippen MR) is 46.5 cm³/mol. The molecule has 2 rings (SSSR count). The van der Waals surface area contributed by atoms with Gasteiger partial charge in [0, 0.05) is 25.2 Å². The third kappa shape index (κ3) is 1.30. The minimum atomic E-state index is 0.663. The summed E-state index contributed by atoms with van der Waals surface area (Å²) < 4.78 is 0. The number of hydrogen-bond acceptors (Lipinski definition) is 2. The molecule has 0 radical (unpaired) electrons. The van der Waals surface area contributed by atoms with Gasteiger partial charge in [-0.05, 0) is 18.9 Å². The Morgan fingerprint density at radius 3 is 2.27 bits per heavy atom. The lowest BCUT2D eigenvalue weighted by Gasteiger charge is -2.15. The lowest BCUT2D eigenvalue weighted by molar-refractivity contribution is 0.343. The topological polar surface area (TPSA) is 15.3 Å². The first kappa shape index (κ1) is 7.56. The lowest BCUT2D eigenvalue weighted by Crippen LogP contribution is -2.32. The van der Waals surface area contributed by atoms with Crippen LogP contribution in [0.3, 0.4) is 0 Å². The molecular formula is C9H18N2. The molecule has 0 aromatic heterocycles. The van der Waals surface area contributed by atoms with E-state index in [4.69, 9.17) is 0 Å². The first-order valence-corrected chi connectivity index (χ1v) is 4.63. The maximum absolute atomic E-state index is 3.61. The highest BCUT2D eigenvalue weighted by Gasteiger charge is 2.54. The van der Waals surface area contributed by atoms with E-state index in [0.29, 0.717) is 6.04 Å². The van der Waals surface area contributed by atoms with Gasteiger partial charge in [0.1, 0.15) is 0 Å². The van der Waals surface area contributed by atoms with Crippen molar-refractivity contribution in [3.05, 3.63) is 0 Å². The van der Waals surface area contributed by atoms with Crippen LogP contribution in [-0.4, -0.2) is 37.1 Å². The van der Waals surface area contributed by atoms with Crippen molar-refractivity contribution in [3.63, 3.8) is 0 Å². The van der Waals surface area contributed by atoms with Gasteiger partial charge >= 0.3 is 0 Å². The number of hydrogen-bond donors (Lipinski definition) is 1. The molecule has 2 nitrogen and oxygen atoms in total. The van der Waals surface area contributed by atoms with Gasteiger partial charge in [-0.25, -0.2) is 0 Å². The molecule has 0 amide bonds. The maximum atomic E-state index is 3.61. The first-order valence-electron chi connectivity index (χ1n) is 4.63. The van der Waals surface area contributed by atoms with E-state index in [-0.39, 0.29) is 0 Å². The van der Waals surface area contributed by atoms with Crippen molar-refractivity contribution in [2.45, 2.75) is 25.9 Å². The highest BCUT2D eigenvalue weighted by atomic mass is 15.2. The zero-order valence-corrected chi connectivity index (χ0v) is 7.67. The highest BCUT2D eigenvalue weighted by Crippen LogP contribution is 2.44. The lowest BCUT2D eigenvalue weighted by atomic mass is 10.3. The second-order valence-corrected chi connectivity index (χ2v) is 4.40. The summed E-state index contributed by atoms with van der Waals surface area (Å²) in [5.74, 6) is 1.95. The average Bonchev–Trinajstić information content (AvgIpc) is 2.43. The Kier molecular flexibility index (Phi) is 1.69. The quantitative estimate of drug-likeness (QED) is 0.624. The van der Waals surface area contributed by atoms with Crippen molar-refractivity contribution >= 4 is 0 Å². The van der Waals surface area contributed by atoms with Crippen LogP contribution >= 0.6 is 0 Å². The van der Waals surface area contributed by atoms with Crippen molar-refractivity contribution < 1.29 is 0 Å². The maximum Gasteiger partial charge on any atom is 0.0158 e. The van der Waals surface area contributed by atoms with Gasteiger partial charge in [-0.2, -0.15) is 0 Å². The van der Waals surface area contributed by atoms with Crippen LogP contribution in [0.4, 0.5) is 0 Å². The average molecular weight is 154 g/mol. The van der Waals surface area contributed by atoms with Crippen LogP contribution in [-0.2, 0) is 0 Å². The number of nitrogens with zero attached hydrogens (tertiary/aromatic N) is 1. The molecule has 2 aliphatic rings. The van der Waals surface area contributed by atoms with E-state index in [1.807, 2.05) is 0 Å². The fraction of sp³-hybridized carbons (Fsp3) is 1.00. The first-order chi connectivity index (χ1) is 5.18. The molecule has 0 bridgehead atoms. The van der Waals surface area contributed by atoms with Gasteiger partial charge in [-0.3, -0.25) is 0 Å². The number of nitrogens with one attached hydrogen (secondary N) is 1. The molecule has 1 saturated heterocycles. The van der Waals surface area contributed by atoms with Crippen LogP contribution in [0.15, 0.2) is 0 Å². The smallest absolute Gasteiger partial charge is 0.0158 e. The van der Waals surface area contributed by atoms with E-state index in [9.17, 15) is 0 Å². The minimum Gasteiger partial charge on any atom is -0.311 e. The van der Waals surface area contributed by atoms with Gasteiger partial charge in [-0.1, -0.05) is 13.8 Å². The van der Waals surface area contributed by atoms with E-state index in [1.165, 1.54) is 13.1 Å². The van der Waals surface area contributed by atoms with Crippen LogP contribution in [0.5, 0.6) is 0 Å². The Bertz CT molecular complexity index is 144. The molecule has 1 aliphatic heterocycles. The fourth-order valence-corrected chi connectivity index (χ4v) is 2.37. The molecule has 1 aliphatic carbocycles. The monoisotopic (exact) mass is 154 g/mol. The van der Waals surface area contributed by atoms with Crippen LogP contribution in [0.1, 0.15) is 13.8 Å². The Labute approximate surface area is 69.0 Å². The standard InChI is InChI=1S/C9H18N2/c1-6(2)10-9-7-4-11(3)5-8(7)9/h6-10H,4-5H2,1-3H3/t7-,8+,9-. The zero-order valence-electron chi connectivity index (χ0n) is 7.67. The SMILES string of the molecule is CC(C)N[C@@H]1[C@@H]2CN(C)C[C@@H]21. The van der Waals surface area contributed by atoms with Gasteiger partial charge in [0.25, 0.3) is 0 Å². The Morgan fingerprint density at radius 2 is 1.82 bits per heavy atom. The summed E-state index contributed by atoms with van der Waals surface area (Å²) in [6.07, 6.45) is 0. The summed E-state index contributed by atoms with van der Waals surface area (Å²) in [6, 6.07) is 1.52. The minimum absolute atomic E-state index is 0.663. The summed E-state index contributed by atoms with van der Waals surface area (Å²) in [7, 11) is 2.22. The zero-order chi connectivity index (χ0) is 8.01. The Morgan fingerprint density at radius 1 is 1.27 bits per heavy atom. The summed E-state index contributed by atoms with van der Waals surface area (Å²) in [4.78, 5) is 2.44. The summed E-state index contributed by atoms with van der Waals surface area (Å²) in [5.41, 5.74) is 0. The molecule has 2 heteroatoms. The van der Waals surface area contributed by atoms with Gasteiger partial charge in [0.2, 0.25) is 0 Å². The van der Waals surface area contributed by atoms with Crippen molar-refractivity contribution in [3.8, 4) is 0 Å². The molecule has 0 spiro atoms. The van der Waals surface area contributed by atoms with Crippen molar-refractivity contribution in [1.82, 2.24) is 10.2 Å². The summed E-state index contributed by atoms with van der Waals surface area (Å²) in [6.45, 7) is 7.10. The second-order valence-electron chi connectivity index (χ2n) is 4.40. The van der Waals surface area contributed by atoms with E-state index >= 15 is 0 Å². The van der Waals surface area contributed by atoms with Gasteiger partial charge in [-0.15, -0.1) is 0 Å². The molecule has 0 aromatic rings. The van der Waals surface area contributed by atoms with E-state index in [1.54, 1.807) is 0 Å². The molecule has 1 N–H and O–H groups in total. The van der Waals surface area contributed by atoms with Crippen LogP contribution in [0, 0.1) is 11.8 Å². The van der Waals surface area contributed by atoms with Crippen LogP contribution in [0.2, 0.25) is 0 Å². The molecule has 64 valence electrons. The molecule has 0 aromatic carbocycles. The largest absolute Gasteiger partial charge is 0.311 e. The van der Waals surface area contributed by atoms with Crippen LogP contribution < -0.4 is 5.32 Å². The summed E-state index contributed by atoms with van der Waals surface area (Å²) >= 11 is 0. The molecule has 3 atom stereocenters. The third-order valence-corrected chi connectivity index (χ3v) is 2.90. The van der Waals surface area contributed by atoms with Crippen molar-refractivity contribution in [1.29, 1.82) is 0 Å². The second kappa shape index (κ2) is 2.46. The molecule has 1 heterocycles. The highest BCUT2D eigenvalue weighted by molar-refractivity contribution is 5.09. The molecule has 2 fully saturated rings. The third-order valence-electron chi connectivity index (χ3n) is 2.90. The number of likely N-dealkylation sites (tertiary alicyclic amines) is 1. The van der Waals surface area contributed by atoms with Crippen LogP contribution in [0.25, 0.3) is 0 Å². The normalized spacial score (nSPS) is 43.1. The molecule has 1 saturated carbocycles. The van der Waals surface area contributed by atoms with Gasteiger partial charge < -0.3 is 10.2 Å². The van der Waals surface area contributed by atoms with E-state index in [2.05, 4.69) is 31.1 Å². The Balaban J connectivity index is 1.79. The number of fused-ring (bicyclic) bond motifs is 1. The molecule has 0 unspecified atom stereocenters. The van der Waals surface area contributed by atoms with Gasteiger partial charge in [0.15, 0.2) is 0 Å². The fourth-order valence-electron chi connectivity index (χ4n) is 2.37. The summed E-state index contributed by atoms with van der Waals surface area (Å²) in [5, 5.41) is 3.61. The van der Waals surface area contributed by atoms with Crippen molar-refractivity contribution in [2.75, 3.05) is 20.1 Å². The van der Waals surface area contributed by atoms with Gasteiger partial charge in [0.05, 0.1) is 0 Å². The Hall–Kier alpha value is -0.0800. The van der Waals surface area contributed by atoms with E-state index in [0.717, 1.165) is 17.9 Å². The molecular weight excluding hydrogens is 136 g/mol. The van der Waals surface area contributed by atoms with E-state index < -0.39 is 0 Å². The predicted octanol–water partition coefficient (Wildman–Crippen LogP) is 0.544. The molecule has 11 heavy (non-hydrogen) atoms.